The van der Waals surface area contributed by atoms with Gasteiger partial charge in [-0.05, 0) is 42.7 Å². The Morgan fingerprint density at radius 2 is 2.12 bits per heavy atom. The Balaban J connectivity index is 1.57. The van der Waals surface area contributed by atoms with E-state index in [1.165, 1.54) is 12.1 Å². The molecule has 1 saturated heterocycles. The molecular weight excluding hydrogens is 321 g/mol. The van der Waals surface area contributed by atoms with Crippen molar-refractivity contribution in [2.45, 2.75) is 31.4 Å². The molecule has 0 unspecified atom stereocenters. The summed E-state index contributed by atoms with van der Waals surface area (Å²) in [6.45, 7) is 1.18. The number of pyridine rings is 1. The molecule has 5 nitrogen and oxygen atoms in total. The molecule has 6 heteroatoms. The smallest absolute Gasteiger partial charge is 0.315 e. The lowest BCUT2D eigenvalue weighted by Gasteiger charge is -2.25. The first-order chi connectivity index (χ1) is 12.2. The third-order valence-electron chi connectivity index (χ3n) is 4.25. The van der Waals surface area contributed by atoms with Crippen LogP contribution in [0.3, 0.4) is 0 Å². The Hall–Kier alpha value is -2.47. The van der Waals surface area contributed by atoms with Gasteiger partial charge >= 0.3 is 6.03 Å². The maximum atomic E-state index is 13.2. The molecule has 2 heterocycles. The predicted molar refractivity (Wildman–Crippen MR) is 92.6 cm³/mol. The van der Waals surface area contributed by atoms with E-state index in [9.17, 15) is 9.18 Å². The normalized spacial score (nSPS) is 17.9. The monoisotopic (exact) mass is 343 g/mol. The van der Waals surface area contributed by atoms with Crippen molar-refractivity contribution in [3.63, 3.8) is 0 Å². The van der Waals surface area contributed by atoms with E-state index in [0.29, 0.717) is 19.6 Å². The topological polar surface area (TPSA) is 63.2 Å². The largest absolute Gasteiger partial charge is 0.376 e. The first kappa shape index (κ1) is 17.4. The molecule has 0 radical (unpaired) electrons. The van der Waals surface area contributed by atoms with Crippen LogP contribution < -0.4 is 10.6 Å². The van der Waals surface area contributed by atoms with E-state index in [0.717, 1.165) is 24.1 Å². The zero-order valence-electron chi connectivity index (χ0n) is 14.0. The van der Waals surface area contributed by atoms with Crippen molar-refractivity contribution in [2.75, 3.05) is 13.2 Å². The Morgan fingerprint density at radius 1 is 1.28 bits per heavy atom. The second kappa shape index (κ2) is 8.58. The number of nitrogens with one attached hydrogen (secondary N) is 2. The van der Waals surface area contributed by atoms with Gasteiger partial charge in [0.1, 0.15) is 5.82 Å². The fourth-order valence-corrected chi connectivity index (χ4v) is 2.97. The summed E-state index contributed by atoms with van der Waals surface area (Å²) in [7, 11) is 0. The number of benzene rings is 1. The van der Waals surface area contributed by atoms with Crippen molar-refractivity contribution in [1.82, 2.24) is 15.6 Å². The molecule has 132 valence electrons. The van der Waals surface area contributed by atoms with Crippen molar-refractivity contribution in [3.8, 4) is 0 Å². The number of carbonyl (C=O) groups is 1. The van der Waals surface area contributed by atoms with E-state index in [1.807, 2.05) is 18.2 Å². The van der Waals surface area contributed by atoms with Gasteiger partial charge in [0, 0.05) is 31.5 Å². The van der Waals surface area contributed by atoms with Gasteiger partial charge < -0.3 is 15.4 Å². The van der Waals surface area contributed by atoms with Crippen LogP contribution in [0.5, 0.6) is 0 Å². The van der Waals surface area contributed by atoms with Crippen LogP contribution in [-0.4, -0.2) is 30.3 Å². The van der Waals surface area contributed by atoms with Crippen molar-refractivity contribution in [1.29, 1.82) is 0 Å². The van der Waals surface area contributed by atoms with Crippen LogP contribution >= 0.6 is 0 Å². The first-order valence-electron chi connectivity index (χ1n) is 8.54. The summed E-state index contributed by atoms with van der Waals surface area (Å²) in [5.74, 6) is -0.297. The minimum absolute atomic E-state index is 0.0907. The standard InChI is InChI=1S/C19H22FN3O2/c20-15-8-6-14(7-9-15)18(17-5-3-13-25-17)23-19(24)22-12-10-16-4-1-2-11-21-16/h1-2,4,6-9,11,17-18H,3,5,10,12-13H2,(H2,22,23,24)/t17-,18+/m0/s1. The average Bonchev–Trinajstić information content (AvgIpc) is 3.16. The summed E-state index contributed by atoms with van der Waals surface area (Å²) in [6.07, 6.45) is 4.14. The van der Waals surface area contributed by atoms with E-state index in [-0.39, 0.29) is 24.0 Å². The van der Waals surface area contributed by atoms with Crippen LogP contribution in [0.4, 0.5) is 9.18 Å². The van der Waals surface area contributed by atoms with Gasteiger partial charge in [0.05, 0.1) is 12.1 Å². The molecule has 1 aromatic carbocycles. The van der Waals surface area contributed by atoms with Crippen LogP contribution in [-0.2, 0) is 11.2 Å². The van der Waals surface area contributed by atoms with E-state index in [2.05, 4.69) is 15.6 Å². The number of urea groups is 1. The van der Waals surface area contributed by atoms with Crippen LogP contribution in [0.15, 0.2) is 48.7 Å². The Bertz CT molecular complexity index is 673. The number of nitrogens with zero attached hydrogens (tertiary/aromatic N) is 1. The molecule has 1 fully saturated rings. The Kier molecular flexibility index (Phi) is 5.95. The molecule has 1 aliphatic heterocycles. The van der Waals surface area contributed by atoms with Crippen LogP contribution in [0, 0.1) is 5.82 Å². The third-order valence-corrected chi connectivity index (χ3v) is 4.25. The first-order valence-corrected chi connectivity index (χ1v) is 8.54. The average molecular weight is 343 g/mol. The highest BCUT2D eigenvalue weighted by Crippen LogP contribution is 2.27. The zero-order valence-corrected chi connectivity index (χ0v) is 14.0. The molecule has 0 aliphatic carbocycles. The predicted octanol–water partition coefficient (Wildman–Crippen LogP) is 2.98. The summed E-state index contributed by atoms with van der Waals surface area (Å²) in [4.78, 5) is 16.5. The second-order valence-corrected chi connectivity index (χ2v) is 6.05. The molecule has 2 N–H and O–H groups in total. The lowest BCUT2D eigenvalue weighted by atomic mass is 9.99. The van der Waals surface area contributed by atoms with Gasteiger partial charge in [-0.1, -0.05) is 18.2 Å². The number of ether oxygens (including phenoxy) is 1. The Morgan fingerprint density at radius 3 is 2.80 bits per heavy atom. The molecule has 2 aromatic rings. The SMILES string of the molecule is O=C(NCCc1ccccn1)N[C@H](c1ccc(F)cc1)[C@@H]1CCCO1. The zero-order chi connectivity index (χ0) is 17.5. The summed E-state index contributed by atoms with van der Waals surface area (Å²) < 4.78 is 18.9. The van der Waals surface area contributed by atoms with Crippen molar-refractivity contribution in [3.05, 3.63) is 65.7 Å². The van der Waals surface area contributed by atoms with Gasteiger partial charge in [-0.25, -0.2) is 9.18 Å². The maximum absolute atomic E-state index is 13.2. The number of aromatic nitrogens is 1. The molecule has 0 saturated carbocycles. The minimum atomic E-state index is -0.297. The summed E-state index contributed by atoms with van der Waals surface area (Å²) in [6, 6.07) is 11.3. The molecule has 3 rings (SSSR count). The second-order valence-electron chi connectivity index (χ2n) is 6.05. The number of amides is 2. The number of hydrogen-bond donors (Lipinski definition) is 2. The highest BCUT2D eigenvalue weighted by atomic mass is 19.1. The van der Waals surface area contributed by atoms with E-state index in [1.54, 1.807) is 18.3 Å². The Labute approximate surface area is 146 Å². The highest BCUT2D eigenvalue weighted by molar-refractivity contribution is 5.74. The number of carbonyl (C=O) groups excluding carboxylic acids is 1. The van der Waals surface area contributed by atoms with Crippen LogP contribution in [0.1, 0.15) is 30.1 Å². The summed E-state index contributed by atoms with van der Waals surface area (Å²) >= 11 is 0. The van der Waals surface area contributed by atoms with E-state index < -0.39 is 0 Å². The van der Waals surface area contributed by atoms with Crippen molar-refractivity contribution >= 4 is 6.03 Å². The lowest BCUT2D eigenvalue weighted by Crippen LogP contribution is -2.42. The van der Waals surface area contributed by atoms with Gasteiger partial charge in [0.15, 0.2) is 0 Å². The number of rotatable bonds is 6. The van der Waals surface area contributed by atoms with Gasteiger partial charge in [-0.3, -0.25) is 4.98 Å². The van der Waals surface area contributed by atoms with Crippen LogP contribution in [0.25, 0.3) is 0 Å². The van der Waals surface area contributed by atoms with Crippen LogP contribution in [0.2, 0.25) is 0 Å². The number of hydrogen-bond acceptors (Lipinski definition) is 3. The molecular formula is C19H22FN3O2. The molecule has 0 bridgehead atoms. The molecule has 2 amide bonds. The molecule has 0 spiro atoms. The summed E-state index contributed by atoms with van der Waals surface area (Å²) in [5.41, 5.74) is 1.77. The van der Waals surface area contributed by atoms with Gasteiger partial charge in [0.25, 0.3) is 0 Å². The fourth-order valence-electron chi connectivity index (χ4n) is 2.97. The molecule has 2 atom stereocenters. The van der Waals surface area contributed by atoms with Gasteiger partial charge in [-0.2, -0.15) is 0 Å². The van der Waals surface area contributed by atoms with Crippen molar-refractivity contribution < 1.29 is 13.9 Å². The van der Waals surface area contributed by atoms with Crippen molar-refractivity contribution in [2.24, 2.45) is 0 Å². The van der Waals surface area contributed by atoms with Gasteiger partial charge in [0.2, 0.25) is 0 Å². The molecule has 1 aromatic heterocycles. The fraction of sp³-hybridized carbons (Fsp3) is 0.368. The maximum Gasteiger partial charge on any atom is 0.315 e. The van der Waals surface area contributed by atoms with E-state index >= 15 is 0 Å². The molecule has 1 aliphatic rings. The summed E-state index contributed by atoms with van der Waals surface area (Å²) in [5, 5.41) is 5.81. The highest BCUT2D eigenvalue weighted by Gasteiger charge is 2.28. The van der Waals surface area contributed by atoms with Gasteiger partial charge in [-0.15, -0.1) is 0 Å². The number of halogens is 1. The third kappa shape index (κ3) is 5.00. The molecule has 25 heavy (non-hydrogen) atoms. The minimum Gasteiger partial charge on any atom is -0.376 e. The quantitative estimate of drug-likeness (QED) is 0.847. The van der Waals surface area contributed by atoms with E-state index in [4.69, 9.17) is 4.74 Å². The lowest BCUT2D eigenvalue weighted by molar-refractivity contribution is 0.0807.